The molecule has 21 heavy (non-hydrogen) atoms. The Morgan fingerprint density at radius 3 is 2.86 bits per heavy atom. The molecule has 1 heterocycles. The molecule has 1 aromatic heterocycles. The predicted molar refractivity (Wildman–Crippen MR) is 88.7 cm³/mol. The van der Waals surface area contributed by atoms with E-state index in [1.807, 2.05) is 18.2 Å². The SMILES string of the molecule is CCCNC(C)(CO)CCSc1ncnc2ccccc12. The summed E-state index contributed by atoms with van der Waals surface area (Å²) in [6.45, 7) is 5.28. The summed E-state index contributed by atoms with van der Waals surface area (Å²) < 4.78 is 0. The zero-order valence-electron chi connectivity index (χ0n) is 12.7. The normalized spacial score (nSPS) is 14.2. The number of benzene rings is 1. The average Bonchev–Trinajstić information content (AvgIpc) is 2.53. The van der Waals surface area contributed by atoms with Gasteiger partial charge in [-0.3, -0.25) is 0 Å². The number of rotatable bonds is 8. The second kappa shape index (κ2) is 7.73. The first kappa shape index (κ1) is 16.2. The van der Waals surface area contributed by atoms with E-state index in [0.29, 0.717) is 0 Å². The van der Waals surface area contributed by atoms with Crippen molar-refractivity contribution in [2.45, 2.75) is 37.3 Å². The van der Waals surface area contributed by atoms with E-state index in [0.717, 1.165) is 41.1 Å². The monoisotopic (exact) mass is 305 g/mol. The molecule has 0 aliphatic carbocycles. The van der Waals surface area contributed by atoms with Gasteiger partial charge in [-0.2, -0.15) is 0 Å². The first-order chi connectivity index (χ1) is 10.2. The highest BCUT2D eigenvalue weighted by Gasteiger charge is 2.21. The molecule has 0 fully saturated rings. The zero-order chi connectivity index (χ0) is 15.1. The molecule has 0 amide bonds. The van der Waals surface area contributed by atoms with Gasteiger partial charge in [0.2, 0.25) is 0 Å². The minimum Gasteiger partial charge on any atom is -0.394 e. The smallest absolute Gasteiger partial charge is 0.117 e. The minimum atomic E-state index is -0.216. The molecule has 4 nitrogen and oxygen atoms in total. The minimum absolute atomic E-state index is 0.151. The van der Waals surface area contributed by atoms with Crippen LogP contribution in [-0.4, -0.2) is 39.5 Å². The number of para-hydroxylation sites is 1. The molecule has 0 spiro atoms. The van der Waals surface area contributed by atoms with E-state index in [4.69, 9.17) is 0 Å². The number of hydrogen-bond donors (Lipinski definition) is 2. The maximum atomic E-state index is 9.58. The number of fused-ring (bicyclic) bond motifs is 1. The van der Waals surface area contributed by atoms with Crippen molar-refractivity contribution in [2.24, 2.45) is 0 Å². The van der Waals surface area contributed by atoms with Crippen molar-refractivity contribution in [3.05, 3.63) is 30.6 Å². The van der Waals surface area contributed by atoms with Crippen LogP contribution >= 0.6 is 11.8 Å². The molecule has 1 atom stereocenters. The Hall–Kier alpha value is -1.17. The van der Waals surface area contributed by atoms with Gasteiger partial charge in [0.25, 0.3) is 0 Å². The number of nitrogens with one attached hydrogen (secondary N) is 1. The molecule has 5 heteroatoms. The molecule has 2 rings (SSSR count). The van der Waals surface area contributed by atoms with Crippen LogP contribution in [0.4, 0.5) is 0 Å². The Morgan fingerprint density at radius 1 is 1.29 bits per heavy atom. The average molecular weight is 305 g/mol. The Balaban J connectivity index is 1.98. The van der Waals surface area contributed by atoms with Crippen LogP contribution in [0.2, 0.25) is 0 Å². The topological polar surface area (TPSA) is 58.0 Å². The molecule has 114 valence electrons. The Kier molecular flexibility index (Phi) is 5.96. The molecule has 0 radical (unpaired) electrons. The van der Waals surface area contributed by atoms with Gasteiger partial charge >= 0.3 is 0 Å². The summed E-state index contributed by atoms with van der Waals surface area (Å²) in [6, 6.07) is 8.05. The standard InChI is InChI=1S/C16H23N3OS/c1-3-9-19-16(2,11-20)8-10-21-15-13-6-4-5-7-14(13)17-12-18-15/h4-7,12,19-20H,3,8-11H2,1-2H3. The number of hydrogen-bond acceptors (Lipinski definition) is 5. The Morgan fingerprint density at radius 2 is 2.10 bits per heavy atom. The van der Waals surface area contributed by atoms with Gasteiger partial charge < -0.3 is 10.4 Å². The van der Waals surface area contributed by atoms with Crippen LogP contribution in [0.15, 0.2) is 35.6 Å². The van der Waals surface area contributed by atoms with Crippen molar-refractivity contribution in [3.63, 3.8) is 0 Å². The predicted octanol–water partition coefficient (Wildman–Crippen LogP) is 2.86. The van der Waals surface area contributed by atoms with Crippen molar-refractivity contribution in [2.75, 3.05) is 18.9 Å². The van der Waals surface area contributed by atoms with Gasteiger partial charge in [-0.05, 0) is 32.4 Å². The lowest BCUT2D eigenvalue weighted by Gasteiger charge is -2.28. The number of thioether (sulfide) groups is 1. The summed E-state index contributed by atoms with van der Waals surface area (Å²) in [6.07, 6.45) is 3.58. The van der Waals surface area contributed by atoms with Crippen LogP contribution < -0.4 is 5.32 Å². The highest BCUT2D eigenvalue weighted by Crippen LogP contribution is 2.26. The van der Waals surface area contributed by atoms with Crippen LogP contribution in [0.1, 0.15) is 26.7 Å². The number of nitrogens with zero attached hydrogens (tertiary/aromatic N) is 2. The molecular weight excluding hydrogens is 282 g/mol. The molecule has 0 aliphatic rings. The van der Waals surface area contributed by atoms with Crippen molar-refractivity contribution in [1.29, 1.82) is 0 Å². The third kappa shape index (κ3) is 4.40. The number of aliphatic hydroxyl groups excluding tert-OH is 1. The van der Waals surface area contributed by atoms with Gasteiger partial charge in [0, 0.05) is 16.7 Å². The van der Waals surface area contributed by atoms with Crippen LogP contribution in [0, 0.1) is 0 Å². The van der Waals surface area contributed by atoms with Gasteiger partial charge in [0.1, 0.15) is 11.4 Å². The fraction of sp³-hybridized carbons (Fsp3) is 0.500. The molecule has 1 unspecified atom stereocenters. The fourth-order valence-electron chi connectivity index (χ4n) is 2.12. The van der Waals surface area contributed by atoms with E-state index in [1.54, 1.807) is 18.1 Å². The second-order valence-corrected chi connectivity index (χ2v) is 6.52. The maximum Gasteiger partial charge on any atom is 0.117 e. The van der Waals surface area contributed by atoms with E-state index in [1.165, 1.54) is 0 Å². The van der Waals surface area contributed by atoms with Crippen molar-refractivity contribution < 1.29 is 5.11 Å². The first-order valence-corrected chi connectivity index (χ1v) is 8.35. The van der Waals surface area contributed by atoms with Crippen LogP contribution in [0.3, 0.4) is 0 Å². The van der Waals surface area contributed by atoms with E-state index in [-0.39, 0.29) is 12.1 Å². The second-order valence-electron chi connectivity index (χ2n) is 5.44. The van der Waals surface area contributed by atoms with Crippen molar-refractivity contribution in [3.8, 4) is 0 Å². The molecule has 0 aliphatic heterocycles. The molecule has 2 N–H and O–H groups in total. The molecule has 1 aromatic carbocycles. The van der Waals surface area contributed by atoms with E-state index in [9.17, 15) is 5.11 Å². The van der Waals surface area contributed by atoms with E-state index in [2.05, 4.69) is 35.2 Å². The lowest BCUT2D eigenvalue weighted by molar-refractivity contribution is 0.171. The van der Waals surface area contributed by atoms with Crippen LogP contribution in [0.5, 0.6) is 0 Å². The maximum absolute atomic E-state index is 9.58. The summed E-state index contributed by atoms with van der Waals surface area (Å²) in [5, 5.41) is 15.1. The molecule has 0 saturated heterocycles. The van der Waals surface area contributed by atoms with E-state index >= 15 is 0 Å². The third-order valence-electron chi connectivity index (χ3n) is 3.55. The number of aromatic nitrogens is 2. The van der Waals surface area contributed by atoms with E-state index < -0.39 is 0 Å². The summed E-state index contributed by atoms with van der Waals surface area (Å²) in [7, 11) is 0. The highest BCUT2D eigenvalue weighted by atomic mass is 32.2. The molecule has 0 bridgehead atoms. The fourth-order valence-corrected chi connectivity index (χ4v) is 3.31. The van der Waals surface area contributed by atoms with Crippen molar-refractivity contribution in [1.82, 2.24) is 15.3 Å². The van der Waals surface area contributed by atoms with Gasteiger partial charge in [0.05, 0.1) is 12.1 Å². The summed E-state index contributed by atoms with van der Waals surface area (Å²) in [4.78, 5) is 8.66. The van der Waals surface area contributed by atoms with Gasteiger partial charge in [-0.15, -0.1) is 11.8 Å². The lowest BCUT2D eigenvalue weighted by atomic mass is 10.0. The lowest BCUT2D eigenvalue weighted by Crippen LogP contribution is -2.46. The highest BCUT2D eigenvalue weighted by molar-refractivity contribution is 7.99. The third-order valence-corrected chi connectivity index (χ3v) is 4.56. The van der Waals surface area contributed by atoms with Crippen LogP contribution in [0.25, 0.3) is 10.9 Å². The van der Waals surface area contributed by atoms with Gasteiger partial charge in [0.15, 0.2) is 0 Å². The largest absolute Gasteiger partial charge is 0.394 e. The summed E-state index contributed by atoms with van der Waals surface area (Å²) in [5.41, 5.74) is 0.760. The van der Waals surface area contributed by atoms with Gasteiger partial charge in [-0.25, -0.2) is 9.97 Å². The van der Waals surface area contributed by atoms with Crippen molar-refractivity contribution >= 4 is 22.7 Å². The molecule has 0 saturated carbocycles. The molecular formula is C16H23N3OS. The summed E-state index contributed by atoms with van der Waals surface area (Å²) >= 11 is 1.72. The molecule has 2 aromatic rings. The van der Waals surface area contributed by atoms with Crippen LogP contribution in [-0.2, 0) is 0 Å². The quantitative estimate of drug-likeness (QED) is 0.580. The zero-order valence-corrected chi connectivity index (χ0v) is 13.5. The Bertz CT molecular complexity index is 573. The van der Waals surface area contributed by atoms with Gasteiger partial charge in [-0.1, -0.05) is 25.1 Å². The Labute approximate surface area is 130 Å². The first-order valence-electron chi connectivity index (χ1n) is 7.37. The number of aliphatic hydroxyl groups is 1. The summed E-state index contributed by atoms with van der Waals surface area (Å²) in [5.74, 6) is 0.911.